The molecular formula is C99H157NO19. The molecule has 4 aliphatic heterocycles. The number of rotatable bonds is 22. The van der Waals surface area contributed by atoms with Gasteiger partial charge in [0, 0.05) is 81.8 Å². The van der Waals surface area contributed by atoms with Gasteiger partial charge in [0.15, 0.2) is 12.6 Å². The largest absolute Gasteiger partial charge is 0.465 e. The van der Waals surface area contributed by atoms with Crippen molar-refractivity contribution in [3.8, 4) is 6.07 Å². The summed E-state index contributed by atoms with van der Waals surface area (Å²) in [4.78, 5) is 72.6. The van der Waals surface area contributed by atoms with E-state index in [2.05, 4.69) is 75.3 Å². The van der Waals surface area contributed by atoms with Gasteiger partial charge in [-0.1, -0.05) is 96.9 Å². The Morgan fingerprint density at radius 3 is 1.37 bits per heavy atom. The topological polar surface area (TPSA) is 257 Å². The van der Waals surface area contributed by atoms with E-state index in [0.717, 1.165) is 247 Å². The maximum absolute atomic E-state index is 12.9. The van der Waals surface area contributed by atoms with Crippen LogP contribution in [-0.2, 0) is 85.6 Å². The maximum atomic E-state index is 12.9. The highest BCUT2D eigenvalue weighted by Crippen LogP contribution is 2.68. The fourth-order valence-corrected chi connectivity index (χ4v) is 28.8. The summed E-state index contributed by atoms with van der Waals surface area (Å²) in [6.07, 6.45) is 33.3. The van der Waals surface area contributed by atoms with E-state index < -0.39 is 16.8 Å². The molecule has 18 bridgehead atoms. The van der Waals surface area contributed by atoms with Gasteiger partial charge in [-0.15, -0.1) is 0 Å². The monoisotopic (exact) mass is 1660 g/mol. The first kappa shape index (κ1) is 91.2. The molecule has 20 nitrogen and oxygen atoms in total. The fourth-order valence-electron chi connectivity index (χ4n) is 28.8. The summed E-state index contributed by atoms with van der Waals surface area (Å²) < 4.78 is 73.9. The molecule has 0 aromatic rings. The minimum Gasteiger partial charge on any atom is -0.465 e. The number of carbonyl (C=O) groups excluding carboxylic acids is 6. The molecule has 22 aliphatic rings. The first-order chi connectivity index (χ1) is 56.2. The van der Waals surface area contributed by atoms with E-state index >= 15 is 0 Å². The lowest BCUT2D eigenvalue weighted by Crippen LogP contribution is -2.70. The van der Waals surface area contributed by atoms with E-state index in [9.17, 15) is 33.9 Å². The molecule has 20 heteroatoms. The van der Waals surface area contributed by atoms with Gasteiger partial charge in [0.1, 0.15) is 29.0 Å². The summed E-state index contributed by atoms with van der Waals surface area (Å²) in [7, 11) is 0. The third-order valence-corrected chi connectivity index (χ3v) is 35.2. The SMILES string of the molecule is CC1C(C)C2CC1C1COC(=O)C21.CC1C2CC(C#N)C(C2)C1C.CCC(C)C(=O)OC12CC3CC(CC(O)(C3)C1)C2.CCC(C)C(=O)OC12CC3CC(OC(C)(C)CC)(C1)CC(OC(C)(C)CC)(C3)C2.CCC(C)C(=O)OC12CC3CC(OC4CCCCO4)(C1)CC(OC1CCCCO1)(C3)C2.CCC(C)C(=O)OC1C2CC3C(=O)OC1C3C2. The summed E-state index contributed by atoms with van der Waals surface area (Å²) in [5.74, 6) is 9.76. The molecule has 18 saturated carbocycles. The molecule has 18 aliphatic carbocycles. The minimum atomic E-state index is -0.542. The van der Waals surface area contributed by atoms with Crippen molar-refractivity contribution in [2.24, 2.45) is 130 Å². The summed E-state index contributed by atoms with van der Waals surface area (Å²) in [5, 5.41) is 19.4. The van der Waals surface area contributed by atoms with E-state index in [-0.39, 0.29) is 135 Å². The average molecular weight is 1670 g/mol. The van der Waals surface area contributed by atoms with Crippen molar-refractivity contribution in [2.45, 2.75) is 430 Å². The molecule has 4 heterocycles. The van der Waals surface area contributed by atoms with E-state index in [1.165, 1.54) is 25.7 Å². The highest BCUT2D eigenvalue weighted by atomic mass is 16.7. The van der Waals surface area contributed by atoms with Crippen LogP contribution >= 0.6 is 0 Å². The summed E-state index contributed by atoms with van der Waals surface area (Å²) in [6, 6.07) is 2.45. The molecule has 119 heavy (non-hydrogen) atoms. The molecule has 0 spiro atoms. The summed E-state index contributed by atoms with van der Waals surface area (Å²) >= 11 is 0. The number of carbonyl (C=O) groups is 6. The number of fused-ring (bicyclic) bond motifs is 8. The Kier molecular flexibility index (Phi) is 27.1. The standard InChI is InChI=1S/C25H40O6.C25H44O4.C15H24O3.C13H18O4.C11H16O2.C10H15N/c1-3-18(2)22(26)31-25-14-19-12-23(16-25,29-20-8-4-6-10-27-20)15-24(13-19,17-25)30-21-9-5-7-11-28-21;1-9-18(4)20(26)27-23-12-19-13-24(15-23,28-21(5,6)10-2)17-25(14-19,16-23)29-22(7,8)11-3;1-3-10(2)13(16)18-15-7-11-4-12(8-15)6-14(17,5-11)9-15;1-3-6(2)12(14)16-10-7-4-8-9(5-7)13(15)17-11(8)10;1-5-6(2)8-3-7(5)9-4-13-11(12)10(8)9;1-6-7(2)10-4-8(6)3-9(10)5-11/h18-21H,3-17H2,1-2H3;18-19H,9-17H2,1-8H3;10-12,17H,3-9H2,1-2H3;6-11H,3-5H2,1-2H3;5-10H,3-4H2,1-2H3;6-10H,3-4H2,1-2H3. The van der Waals surface area contributed by atoms with Gasteiger partial charge in [-0.25, -0.2) is 0 Å². The van der Waals surface area contributed by atoms with Crippen molar-refractivity contribution in [1.82, 2.24) is 0 Å². The molecule has 22 rings (SSSR count). The Bertz CT molecular complexity index is 3540. The van der Waals surface area contributed by atoms with E-state index in [1.54, 1.807) is 0 Å². The quantitative estimate of drug-likeness (QED) is 0.0780. The zero-order valence-electron chi connectivity index (χ0n) is 76.6. The van der Waals surface area contributed by atoms with Crippen LogP contribution in [0.1, 0.15) is 349 Å². The van der Waals surface area contributed by atoms with Gasteiger partial charge in [0.2, 0.25) is 0 Å². The maximum Gasteiger partial charge on any atom is 0.309 e. The van der Waals surface area contributed by atoms with Crippen molar-refractivity contribution >= 4 is 35.8 Å². The second-order valence-corrected chi connectivity index (χ2v) is 45.0. The number of nitrogens with zero attached hydrogens (tertiary/aromatic N) is 1. The van der Waals surface area contributed by atoms with Gasteiger partial charge in [-0.05, 0) is 278 Å². The van der Waals surface area contributed by atoms with Gasteiger partial charge in [0.05, 0.1) is 87.4 Å². The molecule has 4 saturated heterocycles. The van der Waals surface area contributed by atoms with Crippen molar-refractivity contribution in [3.63, 3.8) is 0 Å². The zero-order valence-corrected chi connectivity index (χ0v) is 76.6. The van der Waals surface area contributed by atoms with Crippen LogP contribution in [0.4, 0.5) is 0 Å². The van der Waals surface area contributed by atoms with Crippen LogP contribution in [0.15, 0.2) is 0 Å². The number of cyclic esters (lactones) is 1. The van der Waals surface area contributed by atoms with Gasteiger partial charge in [-0.2, -0.15) is 5.26 Å². The Balaban J connectivity index is 0.000000121. The van der Waals surface area contributed by atoms with Crippen LogP contribution in [0.5, 0.6) is 0 Å². The minimum absolute atomic E-state index is 0.0207. The molecule has 0 aromatic heterocycles. The molecule has 0 amide bonds. The van der Waals surface area contributed by atoms with Gasteiger partial charge < -0.3 is 61.9 Å². The molecule has 22 fully saturated rings. The van der Waals surface area contributed by atoms with Crippen LogP contribution in [0.2, 0.25) is 0 Å². The fraction of sp³-hybridized carbons (Fsp3) is 0.929. The number of ether oxygens (including phenoxy) is 12. The van der Waals surface area contributed by atoms with Crippen molar-refractivity contribution in [3.05, 3.63) is 0 Å². The first-order valence-corrected chi connectivity index (χ1v) is 48.6. The second-order valence-electron chi connectivity index (χ2n) is 45.0. The number of hydrogen-bond acceptors (Lipinski definition) is 20. The highest BCUT2D eigenvalue weighted by molar-refractivity contribution is 5.78. The Morgan fingerprint density at radius 2 is 0.908 bits per heavy atom. The lowest BCUT2D eigenvalue weighted by molar-refractivity contribution is -0.343. The third kappa shape index (κ3) is 19.1. The van der Waals surface area contributed by atoms with Crippen molar-refractivity contribution in [1.29, 1.82) is 5.26 Å². The number of esters is 6. The van der Waals surface area contributed by atoms with Gasteiger partial charge >= 0.3 is 35.8 Å². The van der Waals surface area contributed by atoms with Crippen molar-refractivity contribution < 1.29 is 90.7 Å². The number of nitriles is 1. The molecule has 28 unspecified atom stereocenters. The number of aliphatic hydroxyl groups is 1. The Morgan fingerprint density at radius 1 is 0.471 bits per heavy atom. The number of hydrogen-bond donors (Lipinski definition) is 1. The summed E-state index contributed by atoms with van der Waals surface area (Å²) in [5.41, 5.74) is -3.32. The smallest absolute Gasteiger partial charge is 0.309 e. The zero-order chi connectivity index (χ0) is 85.5. The van der Waals surface area contributed by atoms with Crippen LogP contribution in [0.3, 0.4) is 0 Å². The Hall–Kier alpha value is -3.97. The molecule has 1 N–H and O–H groups in total. The predicted molar refractivity (Wildman–Crippen MR) is 448 cm³/mol. The molecular weight excluding hydrogens is 1510 g/mol. The normalized spacial score (nSPS) is 45.7. The summed E-state index contributed by atoms with van der Waals surface area (Å²) in [6.45, 7) is 40.5. The average Bonchev–Trinajstić information content (AvgIpc) is 1.68. The predicted octanol–water partition coefficient (Wildman–Crippen LogP) is 19.4. The third-order valence-electron chi connectivity index (χ3n) is 35.2. The molecule has 0 aromatic carbocycles. The van der Waals surface area contributed by atoms with Gasteiger partial charge in [-0.3, -0.25) is 28.8 Å². The molecule has 28 atom stereocenters. The van der Waals surface area contributed by atoms with Crippen LogP contribution in [-0.4, -0.2) is 142 Å². The van der Waals surface area contributed by atoms with Crippen LogP contribution < -0.4 is 0 Å². The van der Waals surface area contributed by atoms with Gasteiger partial charge in [0.25, 0.3) is 0 Å². The lowest BCUT2D eigenvalue weighted by Gasteiger charge is -2.66. The second kappa shape index (κ2) is 35.3. The van der Waals surface area contributed by atoms with E-state index in [4.69, 9.17) is 62.1 Å². The lowest BCUT2D eigenvalue weighted by atomic mass is 9.50. The first-order valence-electron chi connectivity index (χ1n) is 48.6. The van der Waals surface area contributed by atoms with Crippen LogP contribution in [0, 0.1) is 142 Å². The Labute approximate surface area is 714 Å². The highest BCUT2D eigenvalue weighted by Gasteiger charge is 2.71. The molecule has 0 radical (unpaired) electrons. The van der Waals surface area contributed by atoms with Crippen LogP contribution in [0.25, 0.3) is 0 Å². The molecule has 672 valence electrons. The van der Waals surface area contributed by atoms with E-state index in [1.807, 2.05) is 55.4 Å². The van der Waals surface area contributed by atoms with E-state index in [0.29, 0.717) is 66.3 Å². The van der Waals surface area contributed by atoms with Crippen molar-refractivity contribution in [2.75, 3.05) is 19.8 Å².